The summed E-state index contributed by atoms with van der Waals surface area (Å²) in [5, 5.41) is 0.441. The maximum absolute atomic E-state index is 13.5. The molecule has 0 radical (unpaired) electrons. The van der Waals surface area contributed by atoms with Gasteiger partial charge in [-0.25, -0.2) is 16.8 Å². The normalized spacial score (nSPS) is 14.9. The summed E-state index contributed by atoms with van der Waals surface area (Å²) >= 11 is 12.3. The topological polar surface area (TPSA) is 95.1 Å². The molecule has 0 bridgehead atoms. The van der Waals surface area contributed by atoms with Gasteiger partial charge in [0.15, 0.2) is 0 Å². The van der Waals surface area contributed by atoms with Crippen LogP contribution in [0.15, 0.2) is 82.6 Å². The number of benzene rings is 3. The van der Waals surface area contributed by atoms with Crippen LogP contribution < -0.4 is 4.31 Å². The van der Waals surface area contributed by atoms with Crippen LogP contribution in [0.2, 0.25) is 10.0 Å². The van der Waals surface area contributed by atoms with Gasteiger partial charge in [-0.1, -0.05) is 59.1 Å². The van der Waals surface area contributed by atoms with E-state index in [2.05, 4.69) is 0 Å². The highest BCUT2D eigenvalue weighted by atomic mass is 35.5. The van der Waals surface area contributed by atoms with Crippen LogP contribution in [0.5, 0.6) is 0 Å². The van der Waals surface area contributed by atoms with Crippen LogP contribution in [0, 0.1) is 6.92 Å². The molecule has 0 unspecified atom stereocenters. The molecule has 0 spiro atoms. The second-order valence-electron chi connectivity index (χ2n) is 8.55. The van der Waals surface area contributed by atoms with Crippen molar-refractivity contribution < 1.29 is 21.6 Å². The van der Waals surface area contributed by atoms with Gasteiger partial charge in [-0.15, -0.1) is 0 Å². The Kier molecular flexibility index (Phi) is 8.15. The first kappa shape index (κ1) is 27.4. The monoisotopic (exact) mass is 581 g/mol. The minimum absolute atomic E-state index is 0.00732. The molecule has 3 aromatic carbocycles. The average molecular weight is 583 g/mol. The number of piperazine rings is 1. The highest BCUT2D eigenvalue weighted by Gasteiger charge is 2.33. The van der Waals surface area contributed by atoms with Crippen molar-refractivity contribution in [3.05, 3.63) is 88.4 Å². The lowest BCUT2D eigenvalue weighted by molar-refractivity contribution is -0.130. The summed E-state index contributed by atoms with van der Waals surface area (Å²) in [4.78, 5) is 14.9. The summed E-state index contributed by atoms with van der Waals surface area (Å²) in [6.45, 7) is 1.81. The summed E-state index contributed by atoms with van der Waals surface area (Å²) in [6.07, 6.45) is 0. The van der Waals surface area contributed by atoms with Crippen LogP contribution in [0.4, 0.5) is 5.69 Å². The molecule has 1 aliphatic rings. The first-order valence-corrected chi connectivity index (χ1v) is 15.0. The van der Waals surface area contributed by atoms with Crippen LogP contribution in [0.1, 0.15) is 5.56 Å². The Morgan fingerprint density at radius 1 is 0.811 bits per heavy atom. The van der Waals surface area contributed by atoms with E-state index in [9.17, 15) is 21.6 Å². The fourth-order valence-electron chi connectivity index (χ4n) is 3.98. The SMILES string of the molecule is Cc1ccc(S(=O)(=O)N2CCN(C(=O)CN(c3cc(Cl)cc(Cl)c3)S(=O)(=O)c3ccccc3)CC2)cc1. The van der Waals surface area contributed by atoms with Gasteiger partial charge in [-0.05, 0) is 49.4 Å². The predicted molar refractivity (Wildman–Crippen MR) is 144 cm³/mol. The lowest BCUT2D eigenvalue weighted by atomic mass is 10.2. The molecule has 1 amide bonds. The lowest BCUT2D eigenvalue weighted by Gasteiger charge is -2.35. The fraction of sp³-hybridized carbons (Fsp3) is 0.240. The summed E-state index contributed by atoms with van der Waals surface area (Å²) < 4.78 is 55.3. The third kappa shape index (κ3) is 6.10. The van der Waals surface area contributed by atoms with Crippen molar-refractivity contribution in [1.82, 2.24) is 9.21 Å². The van der Waals surface area contributed by atoms with Crippen molar-refractivity contribution in [2.45, 2.75) is 16.7 Å². The van der Waals surface area contributed by atoms with Gasteiger partial charge < -0.3 is 4.90 Å². The van der Waals surface area contributed by atoms with Crippen LogP contribution in [0.25, 0.3) is 0 Å². The second-order valence-corrected chi connectivity index (χ2v) is 13.2. The van der Waals surface area contributed by atoms with Crippen molar-refractivity contribution in [3.63, 3.8) is 0 Å². The van der Waals surface area contributed by atoms with E-state index in [0.29, 0.717) is 0 Å². The Hall–Kier alpha value is -2.63. The molecule has 1 heterocycles. The van der Waals surface area contributed by atoms with Gasteiger partial charge in [0.2, 0.25) is 15.9 Å². The maximum Gasteiger partial charge on any atom is 0.264 e. The molecule has 8 nitrogen and oxygen atoms in total. The van der Waals surface area contributed by atoms with Crippen LogP contribution in [-0.4, -0.2) is 64.7 Å². The Morgan fingerprint density at radius 3 is 1.95 bits per heavy atom. The summed E-state index contributed by atoms with van der Waals surface area (Å²) in [5.41, 5.74) is 1.10. The van der Waals surface area contributed by atoms with Crippen molar-refractivity contribution >= 4 is 54.8 Å². The third-order valence-electron chi connectivity index (χ3n) is 6.00. The second kappa shape index (κ2) is 11.0. The van der Waals surface area contributed by atoms with E-state index >= 15 is 0 Å². The molecule has 37 heavy (non-hydrogen) atoms. The van der Waals surface area contributed by atoms with E-state index in [0.717, 1.165) is 9.87 Å². The number of nitrogens with zero attached hydrogens (tertiary/aromatic N) is 3. The smallest absolute Gasteiger partial charge is 0.264 e. The van der Waals surface area contributed by atoms with Crippen molar-refractivity contribution in [1.29, 1.82) is 0 Å². The summed E-state index contributed by atoms with van der Waals surface area (Å²) in [5.74, 6) is -0.469. The van der Waals surface area contributed by atoms with E-state index in [4.69, 9.17) is 23.2 Å². The van der Waals surface area contributed by atoms with Crippen molar-refractivity contribution in [2.75, 3.05) is 37.0 Å². The Bertz CT molecular complexity index is 1470. The molecule has 0 aromatic heterocycles. The molecular formula is C25H25Cl2N3O5S2. The van der Waals surface area contributed by atoms with Crippen molar-refractivity contribution in [3.8, 4) is 0 Å². The number of halogens is 2. The third-order valence-corrected chi connectivity index (χ3v) is 10.1. The molecule has 4 rings (SSSR count). The standard InChI is InChI=1S/C25H25Cl2N3O5S2/c1-19-7-9-24(10-8-19)36(32,33)29-13-11-28(12-14-29)25(31)18-30(22-16-20(26)15-21(27)17-22)37(34,35)23-5-3-2-4-6-23/h2-10,15-17H,11-14,18H2,1H3. The number of aryl methyl sites for hydroxylation is 1. The van der Waals surface area contributed by atoms with Gasteiger partial charge in [-0.2, -0.15) is 4.31 Å². The minimum Gasteiger partial charge on any atom is -0.338 e. The first-order valence-electron chi connectivity index (χ1n) is 11.4. The molecule has 0 N–H and O–H groups in total. The average Bonchev–Trinajstić information content (AvgIpc) is 2.87. The number of hydrogen-bond acceptors (Lipinski definition) is 5. The quantitative estimate of drug-likeness (QED) is 0.420. The fourth-order valence-corrected chi connectivity index (χ4v) is 7.33. The number of anilines is 1. The number of carbonyl (C=O) groups is 1. The minimum atomic E-state index is -4.13. The van der Waals surface area contributed by atoms with Crippen LogP contribution in [-0.2, 0) is 24.8 Å². The first-order chi connectivity index (χ1) is 17.5. The molecule has 12 heteroatoms. The lowest BCUT2D eigenvalue weighted by Crippen LogP contribution is -2.53. The van der Waals surface area contributed by atoms with E-state index in [1.165, 1.54) is 39.5 Å². The molecule has 1 fully saturated rings. The number of rotatable bonds is 7. The molecule has 196 valence electrons. The maximum atomic E-state index is 13.5. The van der Waals surface area contributed by atoms with Gasteiger partial charge in [0.05, 0.1) is 15.5 Å². The number of amides is 1. The Morgan fingerprint density at radius 2 is 1.38 bits per heavy atom. The number of sulfonamides is 2. The van der Waals surface area contributed by atoms with Gasteiger partial charge >= 0.3 is 0 Å². The zero-order valence-electron chi connectivity index (χ0n) is 19.9. The van der Waals surface area contributed by atoms with Crippen LogP contribution >= 0.6 is 23.2 Å². The van der Waals surface area contributed by atoms with Gasteiger partial charge in [0, 0.05) is 36.2 Å². The van der Waals surface area contributed by atoms with Crippen molar-refractivity contribution in [2.24, 2.45) is 0 Å². The van der Waals surface area contributed by atoms with E-state index in [1.54, 1.807) is 42.5 Å². The highest BCUT2D eigenvalue weighted by Crippen LogP contribution is 2.30. The molecule has 3 aromatic rings. The molecule has 1 saturated heterocycles. The zero-order chi connectivity index (χ0) is 26.8. The predicted octanol–water partition coefficient (Wildman–Crippen LogP) is 4.03. The zero-order valence-corrected chi connectivity index (χ0v) is 23.1. The summed E-state index contributed by atoms with van der Waals surface area (Å²) in [7, 11) is -7.84. The van der Waals surface area contributed by atoms with E-state index < -0.39 is 32.5 Å². The van der Waals surface area contributed by atoms with E-state index in [-0.39, 0.29) is 51.7 Å². The van der Waals surface area contributed by atoms with Gasteiger partial charge in [-0.3, -0.25) is 9.10 Å². The molecule has 1 aliphatic heterocycles. The molecular weight excluding hydrogens is 557 g/mol. The molecule has 0 saturated carbocycles. The molecule has 0 atom stereocenters. The van der Waals surface area contributed by atoms with Crippen LogP contribution in [0.3, 0.4) is 0 Å². The Balaban J connectivity index is 1.54. The largest absolute Gasteiger partial charge is 0.338 e. The highest BCUT2D eigenvalue weighted by molar-refractivity contribution is 7.92. The Labute approximate surface area is 227 Å². The van der Waals surface area contributed by atoms with E-state index in [1.807, 2.05) is 6.92 Å². The van der Waals surface area contributed by atoms with Gasteiger partial charge in [0.1, 0.15) is 6.54 Å². The molecule has 0 aliphatic carbocycles. The number of carbonyl (C=O) groups excluding carboxylic acids is 1. The van der Waals surface area contributed by atoms with Gasteiger partial charge in [0.25, 0.3) is 10.0 Å². The summed E-state index contributed by atoms with van der Waals surface area (Å²) in [6, 6.07) is 18.6. The number of hydrogen-bond donors (Lipinski definition) is 0.